The Bertz CT molecular complexity index is 755. The van der Waals surface area contributed by atoms with Crippen molar-refractivity contribution in [2.45, 2.75) is 44.1 Å². The molecule has 0 spiro atoms. The SMILES string of the molecule is CN1C(=O)CC[C@]2(C)c3ccc(-c4cccnc4)cc3CC[C@@H]12. The second-order valence-electron chi connectivity index (χ2n) is 7.09. The number of hydrogen-bond donors (Lipinski definition) is 0. The number of carbonyl (C=O) groups excluding carboxylic acids is 1. The van der Waals surface area contributed by atoms with Crippen LogP contribution in [-0.4, -0.2) is 28.9 Å². The molecule has 4 rings (SSSR count). The Morgan fingerprint density at radius 2 is 2.09 bits per heavy atom. The molecule has 0 saturated carbocycles. The smallest absolute Gasteiger partial charge is 0.222 e. The summed E-state index contributed by atoms with van der Waals surface area (Å²) in [6, 6.07) is 11.2. The molecule has 1 fully saturated rings. The van der Waals surface area contributed by atoms with Crippen LogP contribution < -0.4 is 0 Å². The molecule has 3 nitrogen and oxygen atoms in total. The van der Waals surface area contributed by atoms with Crippen molar-refractivity contribution < 1.29 is 4.79 Å². The molecule has 0 bridgehead atoms. The number of amides is 1. The van der Waals surface area contributed by atoms with Gasteiger partial charge in [-0.15, -0.1) is 0 Å². The van der Waals surface area contributed by atoms with Crippen LogP contribution in [0.3, 0.4) is 0 Å². The fourth-order valence-corrected chi connectivity index (χ4v) is 4.50. The number of benzene rings is 1. The number of pyridine rings is 1. The Balaban J connectivity index is 1.76. The molecule has 0 N–H and O–H groups in total. The molecule has 0 unspecified atom stereocenters. The van der Waals surface area contributed by atoms with E-state index in [4.69, 9.17) is 0 Å². The van der Waals surface area contributed by atoms with Crippen LogP contribution in [-0.2, 0) is 16.6 Å². The lowest BCUT2D eigenvalue weighted by molar-refractivity contribution is -0.138. The predicted octanol–water partition coefficient (Wildman–Crippen LogP) is 3.57. The van der Waals surface area contributed by atoms with E-state index in [1.807, 2.05) is 30.4 Å². The van der Waals surface area contributed by atoms with E-state index in [1.54, 1.807) is 0 Å². The minimum absolute atomic E-state index is 0.0870. The van der Waals surface area contributed by atoms with Crippen LogP contribution in [0.25, 0.3) is 11.1 Å². The number of nitrogens with zero attached hydrogens (tertiary/aromatic N) is 2. The Labute approximate surface area is 137 Å². The van der Waals surface area contributed by atoms with Crippen molar-refractivity contribution in [2.24, 2.45) is 0 Å². The quantitative estimate of drug-likeness (QED) is 0.807. The van der Waals surface area contributed by atoms with E-state index in [0.717, 1.165) is 19.3 Å². The van der Waals surface area contributed by atoms with Gasteiger partial charge in [-0.2, -0.15) is 0 Å². The zero-order valence-corrected chi connectivity index (χ0v) is 13.7. The molecular formula is C20H22N2O. The number of aryl methyl sites for hydroxylation is 1. The van der Waals surface area contributed by atoms with Crippen LogP contribution in [0, 0.1) is 0 Å². The summed E-state index contributed by atoms with van der Waals surface area (Å²) in [5.74, 6) is 0.294. The number of likely N-dealkylation sites (N-methyl/N-ethyl adjacent to an activating group) is 1. The summed E-state index contributed by atoms with van der Waals surface area (Å²) in [6.45, 7) is 2.34. The minimum Gasteiger partial charge on any atom is -0.342 e. The molecule has 0 radical (unpaired) electrons. The first kappa shape index (κ1) is 14.4. The second kappa shape index (κ2) is 5.19. The zero-order chi connectivity index (χ0) is 16.0. The highest BCUT2D eigenvalue weighted by molar-refractivity contribution is 5.78. The summed E-state index contributed by atoms with van der Waals surface area (Å²) >= 11 is 0. The Morgan fingerprint density at radius 1 is 1.22 bits per heavy atom. The van der Waals surface area contributed by atoms with Crippen LogP contribution in [0.5, 0.6) is 0 Å². The van der Waals surface area contributed by atoms with Gasteiger partial charge in [0.1, 0.15) is 0 Å². The van der Waals surface area contributed by atoms with Crippen molar-refractivity contribution in [1.82, 2.24) is 9.88 Å². The number of hydrogen-bond acceptors (Lipinski definition) is 2. The van der Waals surface area contributed by atoms with Gasteiger partial charge < -0.3 is 4.90 Å². The third kappa shape index (κ3) is 2.18. The molecule has 1 aromatic heterocycles. The lowest BCUT2D eigenvalue weighted by Gasteiger charge is -2.50. The van der Waals surface area contributed by atoms with Crippen molar-refractivity contribution >= 4 is 5.91 Å². The van der Waals surface area contributed by atoms with Crippen LogP contribution >= 0.6 is 0 Å². The first-order chi connectivity index (χ1) is 11.1. The number of fused-ring (bicyclic) bond motifs is 3. The van der Waals surface area contributed by atoms with Crippen LogP contribution in [0.2, 0.25) is 0 Å². The third-order valence-electron chi connectivity index (χ3n) is 5.86. The molecule has 23 heavy (non-hydrogen) atoms. The van der Waals surface area contributed by atoms with Gasteiger partial charge in [0.15, 0.2) is 0 Å². The van der Waals surface area contributed by atoms with Gasteiger partial charge in [0, 0.05) is 37.3 Å². The maximum absolute atomic E-state index is 12.1. The Kier molecular flexibility index (Phi) is 3.26. The molecule has 2 heterocycles. The van der Waals surface area contributed by atoms with Gasteiger partial charge in [-0.1, -0.05) is 31.2 Å². The largest absolute Gasteiger partial charge is 0.342 e. The van der Waals surface area contributed by atoms with Crippen molar-refractivity contribution in [3.8, 4) is 11.1 Å². The molecule has 2 aromatic rings. The van der Waals surface area contributed by atoms with Gasteiger partial charge in [-0.25, -0.2) is 0 Å². The van der Waals surface area contributed by atoms with Crippen LogP contribution in [0.4, 0.5) is 0 Å². The second-order valence-corrected chi connectivity index (χ2v) is 7.09. The number of likely N-dealkylation sites (tertiary alicyclic amines) is 1. The molecule has 2 atom stereocenters. The first-order valence-electron chi connectivity index (χ1n) is 8.39. The first-order valence-corrected chi connectivity index (χ1v) is 8.39. The summed E-state index contributed by atoms with van der Waals surface area (Å²) in [5, 5.41) is 0. The maximum atomic E-state index is 12.1. The molecule has 1 saturated heterocycles. The number of rotatable bonds is 1. The van der Waals surface area contributed by atoms with E-state index in [-0.39, 0.29) is 5.41 Å². The van der Waals surface area contributed by atoms with Gasteiger partial charge in [0.05, 0.1) is 0 Å². The highest BCUT2D eigenvalue weighted by atomic mass is 16.2. The topological polar surface area (TPSA) is 33.2 Å². The average Bonchev–Trinajstić information content (AvgIpc) is 2.59. The van der Waals surface area contributed by atoms with Crippen molar-refractivity contribution in [1.29, 1.82) is 0 Å². The summed E-state index contributed by atoms with van der Waals surface area (Å²) in [5.41, 5.74) is 5.36. The monoisotopic (exact) mass is 306 g/mol. The molecule has 1 aromatic carbocycles. The van der Waals surface area contributed by atoms with Crippen molar-refractivity contribution in [3.05, 3.63) is 53.9 Å². The Hall–Kier alpha value is -2.16. The molecule has 2 aliphatic rings. The highest BCUT2D eigenvalue weighted by Gasteiger charge is 2.46. The lowest BCUT2D eigenvalue weighted by atomic mass is 9.63. The van der Waals surface area contributed by atoms with Crippen molar-refractivity contribution in [2.75, 3.05) is 7.05 Å². The van der Waals surface area contributed by atoms with Crippen LogP contribution in [0.15, 0.2) is 42.7 Å². The van der Waals surface area contributed by atoms with Gasteiger partial charge >= 0.3 is 0 Å². The summed E-state index contributed by atoms with van der Waals surface area (Å²) in [7, 11) is 1.97. The van der Waals surface area contributed by atoms with E-state index < -0.39 is 0 Å². The molecule has 1 aliphatic heterocycles. The van der Waals surface area contributed by atoms with Gasteiger partial charge in [0.25, 0.3) is 0 Å². The number of piperidine rings is 1. The molecule has 1 aliphatic carbocycles. The van der Waals surface area contributed by atoms with E-state index >= 15 is 0 Å². The van der Waals surface area contributed by atoms with E-state index in [1.165, 1.54) is 22.3 Å². The normalized spacial score (nSPS) is 26.6. The average molecular weight is 306 g/mol. The van der Waals surface area contributed by atoms with Crippen LogP contribution in [0.1, 0.15) is 37.3 Å². The molecular weight excluding hydrogens is 284 g/mol. The lowest BCUT2D eigenvalue weighted by Crippen LogP contribution is -2.56. The van der Waals surface area contributed by atoms with E-state index in [2.05, 4.69) is 36.2 Å². The van der Waals surface area contributed by atoms with E-state index in [9.17, 15) is 4.79 Å². The van der Waals surface area contributed by atoms with Gasteiger partial charge in [-0.05, 0) is 47.6 Å². The third-order valence-corrected chi connectivity index (χ3v) is 5.86. The van der Waals surface area contributed by atoms with Gasteiger partial charge in [0.2, 0.25) is 5.91 Å². The molecule has 118 valence electrons. The zero-order valence-electron chi connectivity index (χ0n) is 13.7. The fourth-order valence-electron chi connectivity index (χ4n) is 4.50. The highest BCUT2D eigenvalue weighted by Crippen LogP contribution is 2.46. The summed E-state index contributed by atoms with van der Waals surface area (Å²) in [6.07, 6.45) is 7.45. The molecule has 3 heteroatoms. The van der Waals surface area contributed by atoms with E-state index in [0.29, 0.717) is 18.4 Å². The fraction of sp³-hybridized carbons (Fsp3) is 0.400. The molecule has 1 amide bonds. The standard InChI is InChI=1S/C20H22N2O/c1-20-10-9-19(23)22(2)18(20)8-6-15-12-14(5-7-17(15)20)16-4-3-11-21-13-16/h3-5,7,11-13,18H,6,8-10H2,1-2H3/t18-,20-/m1/s1. The van der Waals surface area contributed by atoms with Gasteiger partial charge in [-0.3, -0.25) is 9.78 Å². The van der Waals surface area contributed by atoms with Crippen molar-refractivity contribution in [3.63, 3.8) is 0 Å². The number of aromatic nitrogens is 1. The number of carbonyl (C=O) groups is 1. The Morgan fingerprint density at radius 3 is 2.87 bits per heavy atom. The minimum atomic E-state index is 0.0870. The predicted molar refractivity (Wildman–Crippen MR) is 91.1 cm³/mol. The maximum Gasteiger partial charge on any atom is 0.222 e. The summed E-state index contributed by atoms with van der Waals surface area (Å²) in [4.78, 5) is 18.3. The summed E-state index contributed by atoms with van der Waals surface area (Å²) < 4.78 is 0.